The van der Waals surface area contributed by atoms with Crippen molar-refractivity contribution in [2.75, 3.05) is 26.2 Å². The summed E-state index contributed by atoms with van der Waals surface area (Å²) in [5, 5.41) is 8.22. The Morgan fingerprint density at radius 3 is 2.46 bits per heavy atom. The Balaban J connectivity index is 1.17. The second kappa shape index (κ2) is 10.1. The van der Waals surface area contributed by atoms with Crippen molar-refractivity contribution >= 4 is 22.0 Å². The maximum Gasteiger partial charge on any atom is 0.246 e. The van der Waals surface area contributed by atoms with Crippen molar-refractivity contribution in [2.45, 2.75) is 37.1 Å². The first-order valence-electron chi connectivity index (χ1n) is 12.0. The van der Waals surface area contributed by atoms with E-state index in [0.717, 1.165) is 36.8 Å². The zero-order valence-corrected chi connectivity index (χ0v) is 20.4. The van der Waals surface area contributed by atoms with Gasteiger partial charge in [-0.15, -0.1) is 5.10 Å². The number of carbonyl (C=O) groups excluding carboxylic acids is 1. The third-order valence-electron chi connectivity index (χ3n) is 6.65. The third-order valence-corrected chi connectivity index (χ3v) is 8.54. The van der Waals surface area contributed by atoms with Crippen LogP contribution in [-0.2, 0) is 34.2 Å². The fourth-order valence-electron chi connectivity index (χ4n) is 4.67. The van der Waals surface area contributed by atoms with Gasteiger partial charge in [0.2, 0.25) is 15.9 Å². The zero-order valence-electron chi connectivity index (χ0n) is 19.6. The van der Waals surface area contributed by atoms with E-state index in [1.165, 1.54) is 15.9 Å². The number of hydrogen-bond acceptors (Lipinski definition) is 5. The lowest BCUT2D eigenvalue weighted by Crippen LogP contribution is -2.50. The molecule has 0 unspecified atom stereocenters. The summed E-state index contributed by atoms with van der Waals surface area (Å²) >= 11 is 0. The van der Waals surface area contributed by atoms with E-state index >= 15 is 0 Å². The van der Waals surface area contributed by atoms with Crippen molar-refractivity contribution in [2.24, 2.45) is 0 Å². The number of aryl methyl sites for hydroxylation is 2. The molecule has 1 saturated heterocycles. The Bertz CT molecular complexity index is 1330. The summed E-state index contributed by atoms with van der Waals surface area (Å²) < 4.78 is 29.6. The van der Waals surface area contributed by atoms with Crippen LogP contribution in [0.25, 0.3) is 6.08 Å². The Kier molecular flexibility index (Phi) is 6.79. The molecule has 0 radical (unpaired) electrons. The number of benzene rings is 2. The number of fused-ring (bicyclic) bond motifs is 1. The van der Waals surface area contributed by atoms with Crippen molar-refractivity contribution in [3.8, 4) is 0 Å². The minimum Gasteiger partial charge on any atom is -0.337 e. The third kappa shape index (κ3) is 5.36. The van der Waals surface area contributed by atoms with Crippen LogP contribution in [0, 0.1) is 0 Å². The minimum absolute atomic E-state index is 0.159. The molecule has 1 aromatic heterocycles. The van der Waals surface area contributed by atoms with Gasteiger partial charge in [0.1, 0.15) is 5.69 Å². The standard InChI is InChI=1S/C26H29N5O3S/c32-26(13-11-24-20-30(28-27-24)19-21-6-2-1-3-7-21)29-14-16-31(17-15-29)35(33,34)25-12-10-22-8-4-5-9-23(22)18-25/h1-3,6-7,10-13,18,20H,4-5,8-9,14-17,19H2/b13-11+. The largest absolute Gasteiger partial charge is 0.337 e. The van der Waals surface area contributed by atoms with E-state index in [9.17, 15) is 13.2 Å². The summed E-state index contributed by atoms with van der Waals surface area (Å²) in [5.41, 5.74) is 4.13. The van der Waals surface area contributed by atoms with Crippen LogP contribution in [0.5, 0.6) is 0 Å². The number of sulfonamides is 1. The maximum atomic E-state index is 13.2. The van der Waals surface area contributed by atoms with Crippen molar-refractivity contribution < 1.29 is 13.2 Å². The van der Waals surface area contributed by atoms with Crippen molar-refractivity contribution in [1.82, 2.24) is 24.2 Å². The van der Waals surface area contributed by atoms with Gasteiger partial charge in [-0.1, -0.05) is 41.6 Å². The number of nitrogens with zero attached hydrogens (tertiary/aromatic N) is 5. The molecule has 2 heterocycles. The average molecular weight is 492 g/mol. The number of amides is 1. The average Bonchev–Trinajstić information content (AvgIpc) is 3.34. The topological polar surface area (TPSA) is 88.4 Å². The predicted molar refractivity (Wildman–Crippen MR) is 133 cm³/mol. The summed E-state index contributed by atoms with van der Waals surface area (Å²) in [5.74, 6) is -0.159. The summed E-state index contributed by atoms with van der Waals surface area (Å²) in [4.78, 5) is 14.7. The molecule has 1 aliphatic heterocycles. The van der Waals surface area contributed by atoms with E-state index in [4.69, 9.17) is 0 Å². The highest BCUT2D eigenvalue weighted by Gasteiger charge is 2.30. The Labute approximate surface area is 205 Å². The first-order chi connectivity index (χ1) is 17.0. The highest BCUT2D eigenvalue weighted by atomic mass is 32.2. The van der Waals surface area contributed by atoms with E-state index in [1.54, 1.807) is 27.9 Å². The van der Waals surface area contributed by atoms with Crippen LogP contribution in [0.3, 0.4) is 0 Å². The molecule has 0 saturated carbocycles. The van der Waals surface area contributed by atoms with Gasteiger partial charge < -0.3 is 4.90 Å². The Morgan fingerprint density at radius 2 is 1.69 bits per heavy atom. The molecule has 8 nitrogen and oxygen atoms in total. The van der Waals surface area contributed by atoms with Gasteiger partial charge in [0.15, 0.2) is 0 Å². The molecule has 182 valence electrons. The van der Waals surface area contributed by atoms with Gasteiger partial charge >= 0.3 is 0 Å². The van der Waals surface area contributed by atoms with Crippen LogP contribution in [0.4, 0.5) is 0 Å². The van der Waals surface area contributed by atoms with Gasteiger partial charge in [-0.25, -0.2) is 13.1 Å². The maximum absolute atomic E-state index is 13.2. The van der Waals surface area contributed by atoms with Gasteiger partial charge in [0.25, 0.3) is 0 Å². The fraction of sp³-hybridized carbons (Fsp3) is 0.346. The number of hydrogen-bond donors (Lipinski definition) is 0. The summed E-state index contributed by atoms with van der Waals surface area (Å²) in [6, 6.07) is 15.5. The quantitative estimate of drug-likeness (QED) is 0.495. The number of piperazine rings is 1. The Hall–Kier alpha value is -3.30. The van der Waals surface area contributed by atoms with Gasteiger partial charge in [-0.2, -0.15) is 4.31 Å². The number of aromatic nitrogens is 3. The summed E-state index contributed by atoms with van der Waals surface area (Å²) in [6.07, 6.45) is 9.14. The predicted octanol–water partition coefficient (Wildman–Crippen LogP) is 2.75. The molecular weight excluding hydrogens is 462 g/mol. The SMILES string of the molecule is O=C(/C=C/c1cn(Cc2ccccc2)nn1)N1CCN(S(=O)(=O)c2ccc3c(c2)CCCC3)CC1. The van der Waals surface area contributed by atoms with Crippen LogP contribution >= 0.6 is 0 Å². The normalized spacial score (nSPS) is 17.0. The fourth-order valence-corrected chi connectivity index (χ4v) is 6.14. The van der Waals surface area contributed by atoms with E-state index in [2.05, 4.69) is 10.3 Å². The lowest BCUT2D eigenvalue weighted by molar-refractivity contribution is -0.127. The van der Waals surface area contributed by atoms with Crippen molar-refractivity contribution in [3.05, 3.63) is 83.2 Å². The lowest BCUT2D eigenvalue weighted by atomic mass is 9.92. The monoisotopic (exact) mass is 491 g/mol. The lowest BCUT2D eigenvalue weighted by Gasteiger charge is -2.33. The van der Waals surface area contributed by atoms with Crippen LogP contribution in [-0.4, -0.2) is 64.7 Å². The molecule has 0 atom stereocenters. The molecule has 1 fully saturated rings. The second-order valence-corrected chi connectivity index (χ2v) is 11.0. The van der Waals surface area contributed by atoms with Gasteiger partial charge in [-0.05, 0) is 60.6 Å². The molecule has 9 heteroatoms. The molecule has 2 aromatic carbocycles. The van der Waals surface area contributed by atoms with Crippen LogP contribution in [0.1, 0.15) is 35.2 Å². The smallest absolute Gasteiger partial charge is 0.246 e. The van der Waals surface area contributed by atoms with Gasteiger partial charge in [-0.3, -0.25) is 4.79 Å². The molecular formula is C26H29N5O3S. The van der Waals surface area contributed by atoms with Crippen molar-refractivity contribution in [1.29, 1.82) is 0 Å². The van der Waals surface area contributed by atoms with Gasteiger partial charge in [0, 0.05) is 32.3 Å². The van der Waals surface area contributed by atoms with Crippen LogP contribution in [0.15, 0.2) is 65.7 Å². The van der Waals surface area contributed by atoms with Crippen LogP contribution in [0.2, 0.25) is 0 Å². The summed E-state index contributed by atoms with van der Waals surface area (Å²) in [7, 11) is -3.57. The first kappa shape index (κ1) is 23.4. The van der Waals surface area contributed by atoms with Crippen LogP contribution < -0.4 is 0 Å². The van der Waals surface area contributed by atoms with E-state index in [-0.39, 0.29) is 19.0 Å². The molecule has 35 heavy (non-hydrogen) atoms. The molecule has 2 aliphatic rings. The second-order valence-electron chi connectivity index (χ2n) is 9.03. The molecule has 1 aliphatic carbocycles. The molecule has 0 N–H and O–H groups in total. The highest BCUT2D eigenvalue weighted by molar-refractivity contribution is 7.89. The first-order valence-corrected chi connectivity index (χ1v) is 13.5. The minimum atomic E-state index is -3.57. The highest BCUT2D eigenvalue weighted by Crippen LogP contribution is 2.26. The molecule has 0 spiro atoms. The van der Waals surface area contributed by atoms with Crippen molar-refractivity contribution in [3.63, 3.8) is 0 Å². The molecule has 1 amide bonds. The van der Waals surface area contributed by atoms with E-state index in [0.29, 0.717) is 30.2 Å². The number of rotatable bonds is 6. The van der Waals surface area contributed by atoms with Gasteiger partial charge in [0.05, 0.1) is 17.6 Å². The van der Waals surface area contributed by atoms with E-state index in [1.807, 2.05) is 42.5 Å². The Morgan fingerprint density at radius 1 is 0.943 bits per heavy atom. The van der Waals surface area contributed by atoms with E-state index < -0.39 is 10.0 Å². The zero-order chi connectivity index (χ0) is 24.3. The molecule has 0 bridgehead atoms. The molecule has 5 rings (SSSR count). The molecule has 3 aromatic rings. The summed E-state index contributed by atoms with van der Waals surface area (Å²) in [6.45, 7) is 1.89. The number of carbonyl (C=O) groups is 1.